The van der Waals surface area contributed by atoms with Crippen LogP contribution in [0.4, 0.5) is 0 Å². The number of hydrogen-bond donors (Lipinski definition) is 4. The summed E-state index contributed by atoms with van der Waals surface area (Å²) in [6, 6.07) is 0. The van der Waals surface area contributed by atoms with Gasteiger partial charge >= 0.3 is 5.97 Å². The molecule has 0 aromatic carbocycles. The van der Waals surface area contributed by atoms with Crippen LogP contribution in [0.1, 0.15) is 103 Å². The van der Waals surface area contributed by atoms with Gasteiger partial charge in [0.2, 0.25) is 15.9 Å². The highest BCUT2D eigenvalue weighted by Crippen LogP contribution is 2.38. The van der Waals surface area contributed by atoms with Gasteiger partial charge in [-0.3, -0.25) is 28.7 Å². The molecule has 16 heteroatoms. The topological polar surface area (TPSA) is 213 Å². The van der Waals surface area contributed by atoms with E-state index >= 15 is 0 Å². The lowest BCUT2D eigenvalue weighted by Crippen LogP contribution is -2.54. The number of hydrogen-bond acceptors (Lipinski definition) is 13. The lowest BCUT2D eigenvalue weighted by atomic mass is 9.69. The fraction of sp³-hybridized carbons (Fsp3) is 0.865. The van der Waals surface area contributed by atoms with Crippen molar-refractivity contribution < 1.29 is 56.4 Å². The zero-order valence-corrected chi connectivity index (χ0v) is 35.4. The predicted octanol–water partition coefficient (Wildman–Crippen LogP) is 2.93. The highest BCUT2D eigenvalue weighted by Gasteiger charge is 2.44. The van der Waals surface area contributed by atoms with Gasteiger partial charge in [-0.1, -0.05) is 41.5 Å². The molecule has 0 heterocycles. The van der Waals surface area contributed by atoms with Crippen LogP contribution in [0.15, 0.2) is 0 Å². The molecule has 0 bridgehead atoms. The first-order valence-corrected chi connectivity index (χ1v) is 19.7. The molecule has 0 spiro atoms. The molecule has 0 aromatic rings. The number of carboxylic acid groups (broad SMARTS) is 1. The molecule has 1 amide bonds. The van der Waals surface area contributed by atoms with Crippen LogP contribution < -0.4 is 15.4 Å². The number of ether oxygens (including phenoxy) is 4. The normalized spacial score (nSPS) is 13.5. The van der Waals surface area contributed by atoms with Gasteiger partial charge in [0.15, 0.2) is 17.3 Å². The van der Waals surface area contributed by atoms with E-state index in [1.807, 2.05) is 0 Å². The molecular weight excluding hydrogens is 710 g/mol. The van der Waals surface area contributed by atoms with E-state index < -0.39 is 60.4 Å². The van der Waals surface area contributed by atoms with Crippen LogP contribution in [0.5, 0.6) is 0 Å². The van der Waals surface area contributed by atoms with Crippen LogP contribution in [-0.4, -0.2) is 126 Å². The van der Waals surface area contributed by atoms with Crippen molar-refractivity contribution in [2.45, 2.75) is 114 Å². The second kappa shape index (κ2) is 21.1. The Morgan fingerprint density at radius 1 is 0.585 bits per heavy atom. The van der Waals surface area contributed by atoms with Crippen LogP contribution in [0.2, 0.25) is 0 Å². The molecule has 0 aliphatic carbocycles. The van der Waals surface area contributed by atoms with Crippen LogP contribution in [0.25, 0.3) is 0 Å². The molecule has 15 nitrogen and oxygen atoms in total. The smallest absolute Gasteiger partial charge is 0.309 e. The number of carboxylic acids is 1. The molecule has 0 aromatic heterocycles. The van der Waals surface area contributed by atoms with Crippen LogP contribution in [0, 0.1) is 21.7 Å². The fourth-order valence-corrected chi connectivity index (χ4v) is 8.08. The fourth-order valence-electron chi connectivity index (χ4n) is 6.32. The van der Waals surface area contributed by atoms with Gasteiger partial charge in [-0.05, 0) is 66.7 Å². The highest BCUT2D eigenvalue weighted by atomic mass is 32.2. The van der Waals surface area contributed by atoms with Crippen molar-refractivity contribution in [3.63, 3.8) is 0 Å². The largest absolute Gasteiger partial charge is 0.481 e. The van der Waals surface area contributed by atoms with Crippen molar-refractivity contribution in [3.05, 3.63) is 0 Å². The Bertz CT molecular complexity index is 1340. The molecular formula is C37H69N3O12S. The monoisotopic (exact) mass is 779 g/mol. The van der Waals surface area contributed by atoms with Gasteiger partial charge in [-0.25, -0.2) is 8.42 Å². The maximum atomic E-state index is 13.7. The lowest BCUT2D eigenvalue weighted by Gasteiger charge is -2.39. The number of carbonyl (C=O) groups excluding carboxylic acids is 4. The first-order chi connectivity index (χ1) is 23.9. The summed E-state index contributed by atoms with van der Waals surface area (Å²) in [4.78, 5) is 61.6. The van der Waals surface area contributed by atoms with Crippen molar-refractivity contribution >= 4 is 39.2 Å². The zero-order valence-electron chi connectivity index (χ0n) is 34.5. The number of carbonyl (C=O) groups is 5. The molecule has 0 aliphatic heterocycles. The Balaban J connectivity index is 4.70. The number of aliphatic carboxylic acids is 1. The van der Waals surface area contributed by atoms with Crippen molar-refractivity contribution in [1.82, 2.24) is 15.4 Å². The number of Topliss-reactive ketones (excluding diaryl/α,β-unsaturated/α-hetero) is 3. The minimum atomic E-state index is -4.12. The molecule has 53 heavy (non-hydrogen) atoms. The Morgan fingerprint density at radius 3 is 1.51 bits per heavy atom. The van der Waals surface area contributed by atoms with Gasteiger partial charge in [-0.2, -0.15) is 0 Å². The molecule has 4 N–H and O–H groups in total. The van der Waals surface area contributed by atoms with Crippen LogP contribution in [0.3, 0.4) is 0 Å². The molecule has 310 valence electrons. The quantitative estimate of drug-likeness (QED) is 0.0773. The summed E-state index contributed by atoms with van der Waals surface area (Å²) in [6.45, 7) is 24.0. The van der Waals surface area contributed by atoms with Gasteiger partial charge < -0.3 is 34.7 Å². The number of sulfonamides is 1. The summed E-state index contributed by atoms with van der Waals surface area (Å²) < 4.78 is 50.0. The number of nitrogens with one attached hydrogen (secondary N) is 3. The summed E-state index contributed by atoms with van der Waals surface area (Å²) in [5.41, 5.74) is -6.11. The third-order valence-electron chi connectivity index (χ3n) is 8.62. The Kier molecular flexibility index (Phi) is 20.2. The minimum Gasteiger partial charge on any atom is -0.481 e. The van der Waals surface area contributed by atoms with Gasteiger partial charge in [0.25, 0.3) is 0 Å². The minimum absolute atomic E-state index is 0.0468. The van der Waals surface area contributed by atoms with Crippen LogP contribution >= 0.6 is 0 Å². The first-order valence-electron chi connectivity index (χ1n) is 18.1. The second-order valence-corrected chi connectivity index (χ2v) is 19.3. The zero-order chi connectivity index (χ0) is 41.5. The van der Waals surface area contributed by atoms with E-state index in [1.54, 1.807) is 55.4 Å². The van der Waals surface area contributed by atoms with E-state index in [0.29, 0.717) is 32.9 Å². The molecule has 0 radical (unpaired) electrons. The maximum Gasteiger partial charge on any atom is 0.309 e. The average Bonchev–Trinajstić information content (AvgIpc) is 2.96. The summed E-state index contributed by atoms with van der Waals surface area (Å²) in [5.74, 6) is -2.59. The van der Waals surface area contributed by atoms with Crippen molar-refractivity contribution in [1.29, 1.82) is 0 Å². The van der Waals surface area contributed by atoms with Gasteiger partial charge in [0.05, 0.1) is 61.9 Å². The average molecular weight is 780 g/mol. The highest BCUT2D eigenvalue weighted by molar-refractivity contribution is 7.90. The molecule has 0 atom stereocenters. The standard InChI is InChI=1S/C37H69N3O12S/c1-27(41)22-51-20-18-49-16-14-38-36(10,11)28(42)23-52-21-19-50-17-15-39-37(12,13)29(43)33(4,5)24-32(2,3)26-53(47,48)40-30(44)34(6,7)25-35(8,9)31(45)46/h38-39H,14-26H2,1-13H3,(H,40,44)(H,45,46). The maximum absolute atomic E-state index is 13.7. The van der Waals surface area contributed by atoms with Crippen LogP contribution in [-0.2, 0) is 52.9 Å². The van der Waals surface area contributed by atoms with Gasteiger partial charge in [0, 0.05) is 23.9 Å². The summed E-state index contributed by atoms with van der Waals surface area (Å²) in [7, 11) is -4.12. The van der Waals surface area contributed by atoms with E-state index in [-0.39, 0.29) is 63.2 Å². The van der Waals surface area contributed by atoms with Crippen molar-refractivity contribution in [2.24, 2.45) is 21.7 Å². The van der Waals surface area contributed by atoms with Gasteiger partial charge in [-0.15, -0.1) is 0 Å². The third kappa shape index (κ3) is 20.2. The second-order valence-electron chi connectivity index (χ2n) is 17.6. The summed E-state index contributed by atoms with van der Waals surface area (Å²) in [6.07, 6.45) is 0.140. The van der Waals surface area contributed by atoms with E-state index in [4.69, 9.17) is 18.9 Å². The van der Waals surface area contributed by atoms with Crippen molar-refractivity contribution in [3.8, 4) is 0 Å². The molecule has 0 saturated carbocycles. The van der Waals surface area contributed by atoms with E-state index in [2.05, 4.69) is 15.4 Å². The molecule has 0 unspecified atom stereocenters. The van der Waals surface area contributed by atoms with Gasteiger partial charge in [0.1, 0.15) is 13.2 Å². The van der Waals surface area contributed by atoms with E-state index in [0.717, 1.165) is 0 Å². The predicted molar refractivity (Wildman–Crippen MR) is 202 cm³/mol. The molecule has 0 fully saturated rings. The Morgan fingerprint density at radius 2 is 1.04 bits per heavy atom. The SMILES string of the molecule is CC(=O)COCCOCCNC(C)(C)C(=O)COCCOCCNC(C)(C)C(=O)C(C)(C)CC(C)(C)CS(=O)(=O)NC(=O)C(C)(C)CC(C)(C)C(=O)O. The number of rotatable bonds is 30. The Hall–Kier alpha value is -2.34. The van der Waals surface area contributed by atoms with E-state index in [1.165, 1.54) is 34.6 Å². The number of ketones is 3. The van der Waals surface area contributed by atoms with Crippen molar-refractivity contribution in [2.75, 3.05) is 71.7 Å². The molecule has 0 saturated heterocycles. The lowest BCUT2D eigenvalue weighted by molar-refractivity contribution is -0.149. The van der Waals surface area contributed by atoms with E-state index in [9.17, 15) is 37.5 Å². The first kappa shape index (κ1) is 50.7. The third-order valence-corrected chi connectivity index (χ3v) is 10.3. The molecule has 0 rings (SSSR count). The Labute approximate surface area is 317 Å². The summed E-state index contributed by atoms with van der Waals surface area (Å²) in [5, 5.41) is 15.8. The summed E-state index contributed by atoms with van der Waals surface area (Å²) >= 11 is 0. The molecule has 0 aliphatic rings. The number of amides is 1.